The number of anilines is 1. The molecule has 2 aliphatic rings. The zero-order valence-corrected chi connectivity index (χ0v) is 15.3. The molecule has 2 heterocycles. The molecule has 0 bridgehead atoms. The maximum absolute atomic E-state index is 12.2. The van der Waals surface area contributed by atoms with Crippen molar-refractivity contribution in [1.82, 2.24) is 15.1 Å². The van der Waals surface area contributed by atoms with Gasteiger partial charge in [0, 0.05) is 25.6 Å². The van der Waals surface area contributed by atoms with Crippen LogP contribution >= 0.6 is 11.3 Å². The summed E-state index contributed by atoms with van der Waals surface area (Å²) in [4.78, 5) is 14.4. The van der Waals surface area contributed by atoms with E-state index in [1.807, 2.05) is 6.92 Å². The molecule has 1 aliphatic heterocycles. The van der Waals surface area contributed by atoms with Crippen LogP contribution in [0, 0.1) is 0 Å². The molecule has 3 rings (SSSR count). The van der Waals surface area contributed by atoms with Crippen LogP contribution in [0.4, 0.5) is 5.13 Å². The number of hydrogen-bond donors (Lipinski definition) is 1. The second kappa shape index (κ2) is 8.87. The SMILES string of the molecule is CCOC1CCN(CC(=O)Nc2nnc(C3CCCCC3)s2)CC1. The van der Waals surface area contributed by atoms with E-state index < -0.39 is 0 Å². The third-order valence-corrected chi connectivity index (χ3v) is 5.95. The van der Waals surface area contributed by atoms with Crippen molar-refractivity contribution >= 4 is 22.4 Å². The van der Waals surface area contributed by atoms with Gasteiger partial charge >= 0.3 is 0 Å². The number of hydrogen-bond acceptors (Lipinski definition) is 6. The van der Waals surface area contributed by atoms with Gasteiger partial charge in [-0.3, -0.25) is 15.0 Å². The number of rotatable bonds is 6. The Labute approximate surface area is 148 Å². The first-order chi connectivity index (χ1) is 11.7. The highest BCUT2D eigenvalue weighted by atomic mass is 32.1. The molecule has 7 heteroatoms. The molecule has 1 amide bonds. The molecule has 1 saturated carbocycles. The molecule has 1 N–H and O–H groups in total. The molecule has 1 aromatic heterocycles. The van der Waals surface area contributed by atoms with E-state index >= 15 is 0 Å². The summed E-state index contributed by atoms with van der Waals surface area (Å²) in [5, 5.41) is 13.1. The average molecular weight is 353 g/mol. The molecule has 1 aliphatic carbocycles. The fraction of sp³-hybridized carbons (Fsp3) is 0.824. The Morgan fingerprint density at radius 2 is 1.96 bits per heavy atom. The van der Waals surface area contributed by atoms with Gasteiger partial charge in [-0.2, -0.15) is 0 Å². The van der Waals surface area contributed by atoms with Crippen molar-refractivity contribution in [1.29, 1.82) is 0 Å². The molecule has 2 fully saturated rings. The predicted molar refractivity (Wildman–Crippen MR) is 95.5 cm³/mol. The van der Waals surface area contributed by atoms with E-state index in [0.717, 1.165) is 37.5 Å². The van der Waals surface area contributed by atoms with Crippen LogP contribution in [0.5, 0.6) is 0 Å². The molecule has 134 valence electrons. The van der Waals surface area contributed by atoms with Gasteiger partial charge in [0.2, 0.25) is 11.0 Å². The quantitative estimate of drug-likeness (QED) is 0.852. The second-order valence-corrected chi connectivity index (χ2v) is 7.77. The van der Waals surface area contributed by atoms with E-state index in [1.54, 1.807) is 11.3 Å². The van der Waals surface area contributed by atoms with Crippen LogP contribution in [0.3, 0.4) is 0 Å². The molecule has 0 spiro atoms. The van der Waals surface area contributed by atoms with Crippen LogP contribution in [0.1, 0.15) is 62.8 Å². The Balaban J connectivity index is 1.43. The standard InChI is InChI=1S/C17H28N4O2S/c1-2-23-14-8-10-21(11-9-14)12-15(22)18-17-20-19-16(24-17)13-6-4-3-5-7-13/h13-14H,2-12H2,1H3,(H,18,20,22). The van der Waals surface area contributed by atoms with Gasteiger partial charge in [0.05, 0.1) is 12.6 Å². The number of aromatic nitrogens is 2. The average Bonchev–Trinajstić information content (AvgIpc) is 3.06. The molecular formula is C17H28N4O2S. The van der Waals surface area contributed by atoms with Crippen LogP contribution in [0.25, 0.3) is 0 Å². The van der Waals surface area contributed by atoms with E-state index in [9.17, 15) is 4.79 Å². The number of carbonyl (C=O) groups excluding carboxylic acids is 1. The van der Waals surface area contributed by atoms with Gasteiger partial charge in [-0.05, 0) is 32.6 Å². The summed E-state index contributed by atoms with van der Waals surface area (Å²) in [7, 11) is 0. The fourth-order valence-electron chi connectivity index (χ4n) is 3.63. The molecule has 6 nitrogen and oxygen atoms in total. The third-order valence-electron chi connectivity index (χ3n) is 4.95. The van der Waals surface area contributed by atoms with Gasteiger partial charge in [0.1, 0.15) is 5.01 Å². The van der Waals surface area contributed by atoms with Crippen LogP contribution in [-0.2, 0) is 9.53 Å². The molecule has 0 radical (unpaired) electrons. The summed E-state index contributed by atoms with van der Waals surface area (Å²) in [6.07, 6.45) is 8.67. The number of ether oxygens (including phenoxy) is 1. The molecule has 1 saturated heterocycles. The third kappa shape index (κ3) is 4.97. The number of nitrogens with one attached hydrogen (secondary N) is 1. The zero-order valence-electron chi connectivity index (χ0n) is 14.5. The summed E-state index contributed by atoms with van der Waals surface area (Å²) in [6, 6.07) is 0. The highest BCUT2D eigenvalue weighted by Gasteiger charge is 2.22. The predicted octanol–water partition coefficient (Wildman–Crippen LogP) is 3.03. The van der Waals surface area contributed by atoms with E-state index in [4.69, 9.17) is 4.74 Å². The summed E-state index contributed by atoms with van der Waals surface area (Å²) in [5.41, 5.74) is 0. The maximum Gasteiger partial charge on any atom is 0.240 e. The van der Waals surface area contributed by atoms with Gasteiger partial charge in [0.25, 0.3) is 0 Å². The molecule has 1 aromatic rings. The number of likely N-dealkylation sites (tertiary alicyclic amines) is 1. The minimum Gasteiger partial charge on any atom is -0.378 e. The molecule has 0 aromatic carbocycles. The first kappa shape index (κ1) is 17.8. The summed E-state index contributed by atoms with van der Waals surface area (Å²) in [5.74, 6) is 0.552. The number of nitrogens with zero attached hydrogens (tertiary/aromatic N) is 3. The van der Waals surface area contributed by atoms with Crippen molar-refractivity contribution in [3.05, 3.63) is 5.01 Å². The molecule has 0 atom stereocenters. The zero-order chi connectivity index (χ0) is 16.8. The van der Waals surface area contributed by atoms with E-state index in [2.05, 4.69) is 20.4 Å². The Morgan fingerprint density at radius 3 is 2.67 bits per heavy atom. The van der Waals surface area contributed by atoms with Gasteiger partial charge in [0.15, 0.2) is 0 Å². The molecule has 0 unspecified atom stereocenters. The lowest BCUT2D eigenvalue weighted by atomic mass is 9.90. The summed E-state index contributed by atoms with van der Waals surface area (Å²) in [6.45, 7) is 5.06. The van der Waals surface area contributed by atoms with Crippen molar-refractivity contribution < 1.29 is 9.53 Å². The van der Waals surface area contributed by atoms with Crippen LogP contribution in [0.15, 0.2) is 0 Å². The van der Waals surface area contributed by atoms with Crippen molar-refractivity contribution in [3.8, 4) is 0 Å². The van der Waals surface area contributed by atoms with Crippen LogP contribution < -0.4 is 5.32 Å². The van der Waals surface area contributed by atoms with Gasteiger partial charge < -0.3 is 4.74 Å². The van der Waals surface area contributed by atoms with Gasteiger partial charge in [-0.15, -0.1) is 10.2 Å². The smallest absolute Gasteiger partial charge is 0.240 e. The van der Waals surface area contributed by atoms with E-state index in [0.29, 0.717) is 23.7 Å². The first-order valence-electron chi connectivity index (χ1n) is 9.21. The minimum atomic E-state index is 0.0104. The maximum atomic E-state index is 12.2. The van der Waals surface area contributed by atoms with Crippen molar-refractivity contribution in [3.63, 3.8) is 0 Å². The Bertz CT molecular complexity index is 522. The topological polar surface area (TPSA) is 67.3 Å². The summed E-state index contributed by atoms with van der Waals surface area (Å²) >= 11 is 1.54. The Kier molecular flexibility index (Phi) is 6.57. The normalized spacial score (nSPS) is 21.0. The lowest BCUT2D eigenvalue weighted by molar-refractivity contribution is -0.118. The van der Waals surface area contributed by atoms with Gasteiger partial charge in [-0.25, -0.2) is 0 Å². The Morgan fingerprint density at radius 1 is 1.21 bits per heavy atom. The highest BCUT2D eigenvalue weighted by molar-refractivity contribution is 7.15. The summed E-state index contributed by atoms with van der Waals surface area (Å²) < 4.78 is 5.65. The van der Waals surface area contributed by atoms with Crippen LogP contribution in [0.2, 0.25) is 0 Å². The largest absolute Gasteiger partial charge is 0.378 e. The molecule has 24 heavy (non-hydrogen) atoms. The number of piperidine rings is 1. The van der Waals surface area contributed by atoms with Crippen molar-refractivity contribution in [2.75, 3.05) is 31.6 Å². The second-order valence-electron chi connectivity index (χ2n) is 6.76. The number of amides is 1. The monoisotopic (exact) mass is 352 g/mol. The van der Waals surface area contributed by atoms with Crippen LogP contribution in [-0.4, -0.2) is 53.3 Å². The molecular weight excluding hydrogens is 324 g/mol. The van der Waals surface area contributed by atoms with E-state index in [1.165, 1.54) is 32.1 Å². The highest BCUT2D eigenvalue weighted by Crippen LogP contribution is 2.35. The Hall–Kier alpha value is -1.05. The van der Waals surface area contributed by atoms with E-state index in [-0.39, 0.29) is 5.91 Å². The van der Waals surface area contributed by atoms with Crippen molar-refractivity contribution in [2.45, 2.75) is 63.9 Å². The van der Waals surface area contributed by atoms with Gasteiger partial charge in [-0.1, -0.05) is 30.6 Å². The number of carbonyl (C=O) groups is 1. The van der Waals surface area contributed by atoms with Crippen molar-refractivity contribution in [2.24, 2.45) is 0 Å². The fourth-order valence-corrected chi connectivity index (χ4v) is 4.56. The lowest BCUT2D eigenvalue weighted by Gasteiger charge is -2.30. The first-order valence-corrected chi connectivity index (χ1v) is 10.0. The lowest BCUT2D eigenvalue weighted by Crippen LogP contribution is -2.41. The minimum absolute atomic E-state index is 0.0104.